The van der Waals surface area contributed by atoms with E-state index >= 15 is 0 Å². The van der Waals surface area contributed by atoms with E-state index in [4.69, 9.17) is 10.5 Å². The molecule has 6 heteroatoms. The first-order valence-corrected chi connectivity index (χ1v) is 7.81. The van der Waals surface area contributed by atoms with Crippen molar-refractivity contribution in [3.63, 3.8) is 0 Å². The minimum absolute atomic E-state index is 0.0529. The Bertz CT molecular complexity index is 742. The van der Waals surface area contributed by atoms with Gasteiger partial charge in [0.1, 0.15) is 30.0 Å². The molecule has 0 spiro atoms. The molecule has 1 aliphatic carbocycles. The quantitative estimate of drug-likeness (QED) is 0.895. The van der Waals surface area contributed by atoms with Crippen molar-refractivity contribution in [2.45, 2.75) is 26.0 Å². The van der Waals surface area contributed by atoms with E-state index in [1.165, 1.54) is 12.1 Å². The van der Waals surface area contributed by atoms with Crippen molar-refractivity contribution in [3.05, 3.63) is 59.3 Å². The number of ketones is 1. The summed E-state index contributed by atoms with van der Waals surface area (Å²) in [5, 5.41) is 0. The van der Waals surface area contributed by atoms with Gasteiger partial charge in [-0.25, -0.2) is 4.39 Å². The predicted molar refractivity (Wildman–Crippen MR) is 85.8 cm³/mol. The van der Waals surface area contributed by atoms with Crippen LogP contribution >= 0.6 is 0 Å². The lowest BCUT2D eigenvalue weighted by atomic mass is 9.89. The van der Waals surface area contributed by atoms with Crippen LogP contribution in [0.1, 0.15) is 18.9 Å². The van der Waals surface area contributed by atoms with Gasteiger partial charge in [0.05, 0.1) is 12.3 Å². The Hall–Kier alpha value is -2.63. The first-order valence-electron chi connectivity index (χ1n) is 7.81. The third kappa shape index (κ3) is 3.32. The van der Waals surface area contributed by atoms with Gasteiger partial charge >= 0.3 is 0 Å². The summed E-state index contributed by atoms with van der Waals surface area (Å²) in [4.78, 5) is 25.4. The maximum absolute atomic E-state index is 13.2. The van der Waals surface area contributed by atoms with E-state index in [0.29, 0.717) is 17.9 Å². The number of primary amides is 1. The number of carbonyl (C=O) groups is 2. The maximum atomic E-state index is 13.2. The second-order valence-corrected chi connectivity index (χ2v) is 6.13. The number of Topliss-reactive ketones (excluding diaryl/α,β-unsaturated/α-hetero) is 1. The summed E-state index contributed by atoms with van der Waals surface area (Å²) in [5.41, 5.74) is 6.86. The van der Waals surface area contributed by atoms with Gasteiger partial charge in [-0.15, -0.1) is 0 Å². The Kier molecular flexibility index (Phi) is 4.38. The first kappa shape index (κ1) is 16.2. The SMILES string of the molecule is C[C@H](C(N)=O)N1C=C2C=C(OCc3cccc(F)c3)CC(=O)C2C1. The standard InChI is InChI=1S/C18H19FN2O3/c1-11(18(20)23)21-8-13-6-15(7-17(22)16(13)9-21)24-10-12-3-2-4-14(19)5-12/h2-6,8,11,16H,7,9-10H2,1H3,(H2,20,23)/t11-,16?/m1/s1. The summed E-state index contributed by atoms with van der Waals surface area (Å²) in [6, 6.07) is 5.70. The van der Waals surface area contributed by atoms with Crippen LogP contribution in [0.4, 0.5) is 4.39 Å². The van der Waals surface area contributed by atoms with E-state index < -0.39 is 11.9 Å². The molecule has 1 aliphatic heterocycles. The van der Waals surface area contributed by atoms with Crippen LogP contribution in [0.15, 0.2) is 47.9 Å². The number of carbonyl (C=O) groups excluding carboxylic acids is 2. The van der Waals surface area contributed by atoms with Gasteiger partial charge < -0.3 is 15.4 Å². The van der Waals surface area contributed by atoms with Crippen molar-refractivity contribution in [2.75, 3.05) is 6.54 Å². The van der Waals surface area contributed by atoms with Crippen LogP contribution < -0.4 is 5.73 Å². The smallest absolute Gasteiger partial charge is 0.239 e. The maximum Gasteiger partial charge on any atom is 0.239 e. The van der Waals surface area contributed by atoms with E-state index in [9.17, 15) is 14.0 Å². The van der Waals surface area contributed by atoms with Crippen LogP contribution in [0.5, 0.6) is 0 Å². The number of benzene rings is 1. The van der Waals surface area contributed by atoms with Crippen molar-refractivity contribution in [1.29, 1.82) is 0 Å². The third-order valence-corrected chi connectivity index (χ3v) is 4.40. The Balaban J connectivity index is 1.71. The summed E-state index contributed by atoms with van der Waals surface area (Å²) < 4.78 is 18.8. The molecule has 0 saturated heterocycles. The molecule has 2 atom stereocenters. The van der Waals surface area contributed by atoms with Gasteiger partial charge in [-0.2, -0.15) is 0 Å². The van der Waals surface area contributed by atoms with Gasteiger partial charge in [0.2, 0.25) is 5.91 Å². The second-order valence-electron chi connectivity index (χ2n) is 6.13. The number of nitrogens with two attached hydrogens (primary N) is 1. The monoisotopic (exact) mass is 330 g/mol. The number of rotatable bonds is 5. The molecular formula is C18H19FN2O3. The summed E-state index contributed by atoms with van der Waals surface area (Å²) in [6.45, 7) is 2.38. The molecule has 1 aromatic rings. The fraction of sp³-hybridized carbons (Fsp3) is 0.333. The van der Waals surface area contributed by atoms with Crippen LogP contribution in [0.2, 0.25) is 0 Å². The first-order chi connectivity index (χ1) is 11.4. The number of fused-ring (bicyclic) bond motifs is 1. The molecule has 0 bridgehead atoms. The van der Waals surface area contributed by atoms with Crippen LogP contribution in [0.3, 0.4) is 0 Å². The highest BCUT2D eigenvalue weighted by Crippen LogP contribution is 2.33. The van der Waals surface area contributed by atoms with Crippen molar-refractivity contribution >= 4 is 11.7 Å². The van der Waals surface area contributed by atoms with E-state index in [1.54, 1.807) is 30.2 Å². The fourth-order valence-corrected chi connectivity index (χ4v) is 2.94. The van der Waals surface area contributed by atoms with Gasteiger partial charge in [-0.3, -0.25) is 9.59 Å². The van der Waals surface area contributed by atoms with Gasteiger partial charge in [0.15, 0.2) is 0 Å². The average Bonchev–Trinajstić information content (AvgIpc) is 2.97. The molecule has 1 heterocycles. The molecule has 0 saturated carbocycles. The molecule has 0 radical (unpaired) electrons. The van der Waals surface area contributed by atoms with Crippen molar-refractivity contribution in [1.82, 2.24) is 4.90 Å². The number of amides is 1. The van der Waals surface area contributed by atoms with Crippen molar-refractivity contribution < 1.29 is 18.7 Å². The van der Waals surface area contributed by atoms with Crippen LogP contribution in [0.25, 0.3) is 0 Å². The molecule has 126 valence electrons. The predicted octanol–water partition coefficient (Wildman–Crippen LogP) is 1.89. The summed E-state index contributed by atoms with van der Waals surface area (Å²) >= 11 is 0. The zero-order valence-corrected chi connectivity index (χ0v) is 13.4. The average molecular weight is 330 g/mol. The molecule has 0 aromatic heterocycles. The van der Waals surface area contributed by atoms with Crippen LogP contribution in [0, 0.1) is 11.7 Å². The second kappa shape index (κ2) is 6.47. The third-order valence-electron chi connectivity index (χ3n) is 4.40. The molecule has 1 unspecified atom stereocenters. The summed E-state index contributed by atoms with van der Waals surface area (Å²) in [5.74, 6) is -0.380. The highest BCUT2D eigenvalue weighted by atomic mass is 19.1. The molecule has 1 aromatic carbocycles. The minimum Gasteiger partial charge on any atom is -0.493 e. The molecule has 1 amide bonds. The largest absolute Gasteiger partial charge is 0.493 e. The van der Waals surface area contributed by atoms with Crippen molar-refractivity contribution in [3.8, 4) is 0 Å². The fourth-order valence-electron chi connectivity index (χ4n) is 2.94. The van der Waals surface area contributed by atoms with Crippen molar-refractivity contribution in [2.24, 2.45) is 11.7 Å². The normalized spacial score (nSPS) is 21.0. The van der Waals surface area contributed by atoms with E-state index in [0.717, 1.165) is 5.57 Å². The highest BCUT2D eigenvalue weighted by molar-refractivity contribution is 5.89. The van der Waals surface area contributed by atoms with E-state index in [1.807, 2.05) is 6.08 Å². The summed E-state index contributed by atoms with van der Waals surface area (Å²) in [7, 11) is 0. The Morgan fingerprint density at radius 2 is 2.29 bits per heavy atom. The molecule has 24 heavy (non-hydrogen) atoms. The van der Waals surface area contributed by atoms with Gasteiger partial charge in [-0.05, 0) is 36.3 Å². The number of hydrogen-bond donors (Lipinski definition) is 1. The Labute approximate surface area is 139 Å². The summed E-state index contributed by atoms with van der Waals surface area (Å²) in [6.07, 6.45) is 3.83. The Morgan fingerprint density at radius 3 is 3.00 bits per heavy atom. The van der Waals surface area contributed by atoms with E-state index in [2.05, 4.69) is 0 Å². The van der Waals surface area contributed by atoms with Gasteiger partial charge in [0.25, 0.3) is 0 Å². The molecular weight excluding hydrogens is 311 g/mol. The number of ether oxygens (including phenoxy) is 1. The number of hydrogen-bond acceptors (Lipinski definition) is 4. The zero-order valence-electron chi connectivity index (χ0n) is 13.4. The number of nitrogens with zero attached hydrogens (tertiary/aromatic N) is 1. The molecule has 3 rings (SSSR count). The number of halogens is 1. The van der Waals surface area contributed by atoms with Gasteiger partial charge in [-0.1, -0.05) is 12.1 Å². The lowest BCUT2D eigenvalue weighted by molar-refractivity contribution is -0.124. The molecule has 2 N–H and O–H groups in total. The molecule has 0 fully saturated rings. The Morgan fingerprint density at radius 1 is 1.50 bits per heavy atom. The topological polar surface area (TPSA) is 72.6 Å². The molecule has 2 aliphatic rings. The lowest BCUT2D eigenvalue weighted by Gasteiger charge is -2.23. The minimum atomic E-state index is -0.457. The van der Waals surface area contributed by atoms with E-state index in [-0.39, 0.29) is 30.5 Å². The lowest BCUT2D eigenvalue weighted by Crippen LogP contribution is -2.40. The number of allylic oxidation sites excluding steroid dienone is 2. The van der Waals surface area contributed by atoms with Crippen LogP contribution in [-0.4, -0.2) is 29.2 Å². The van der Waals surface area contributed by atoms with Crippen LogP contribution in [-0.2, 0) is 20.9 Å². The van der Waals surface area contributed by atoms with Gasteiger partial charge in [0, 0.05) is 12.7 Å². The molecule has 5 nitrogen and oxygen atoms in total. The highest BCUT2D eigenvalue weighted by Gasteiger charge is 2.36. The zero-order chi connectivity index (χ0) is 17.3.